The summed E-state index contributed by atoms with van der Waals surface area (Å²) in [5.74, 6) is 1.44. The number of hydrogen-bond acceptors (Lipinski definition) is 4. The van der Waals surface area contributed by atoms with Gasteiger partial charge in [-0.15, -0.1) is 0 Å². The second kappa shape index (κ2) is 10.7. The molecule has 0 fully saturated rings. The normalized spacial score (nSPS) is 10.4. The average molecular weight is 401 g/mol. The molecular formula is C22H29ClN4O. The van der Waals surface area contributed by atoms with Crippen molar-refractivity contribution < 1.29 is 4.74 Å². The maximum atomic E-state index is 5.99. The summed E-state index contributed by atoms with van der Waals surface area (Å²) in [6, 6.07) is 7.71. The van der Waals surface area contributed by atoms with E-state index >= 15 is 0 Å². The number of ether oxygens (including phenoxy) is 1. The molecule has 0 unspecified atom stereocenters. The van der Waals surface area contributed by atoms with Crippen molar-refractivity contribution in [1.82, 2.24) is 14.9 Å². The summed E-state index contributed by atoms with van der Waals surface area (Å²) in [4.78, 5) is 9.07. The van der Waals surface area contributed by atoms with Crippen LogP contribution in [0.2, 0.25) is 5.02 Å². The molecule has 0 spiro atoms. The predicted molar refractivity (Wildman–Crippen MR) is 118 cm³/mol. The van der Waals surface area contributed by atoms with E-state index < -0.39 is 0 Å². The fourth-order valence-electron chi connectivity index (χ4n) is 2.65. The summed E-state index contributed by atoms with van der Waals surface area (Å²) in [6.45, 7) is 15.9. The highest BCUT2D eigenvalue weighted by atomic mass is 35.5. The number of benzene rings is 1. The number of hydrogen-bond donors (Lipinski definition) is 1. The van der Waals surface area contributed by atoms with Crippen molar-refractivity contribution in [2.45, 2.75) is 46.7 Å². The van der Waals surface area contributed by atoms with Crippen molar-refractivity contribution in [2.24, 2.45) is 4.99 Å². The van der Waals surface area contributed by atoms with Crippen LogP contribution in [0.4, 0.5) is 5.82 Å². The molecule has 0 aliphatic rings. The van der Waals surface area contributed by atoms with Gasteiger partial charge in [-0.25, -0.2) is 9.98 Å². The largest absolute Gasteiger partial charge is 0.480 e. The molecule has 0 bridgehead atoms. The number of aliphatic imine (C=N–C) groups is 1. The van der Waals surface area contributed by atoms with Gasteiger partial charge in [0.2, 0.25) is 0 Å². The zero-order chi connectivity index (χ0) is 20.5. The molecule has 5 nitrogen and oxygen atoms in total. The number of allylic oxidation sites excluding steroid dienone is 1. The molecule has 150 valence electrons. The number of nitrogens with zero attached hydrogens (tertiary/aromatic N) is 3. The Bertz CT molecular complexity index is 850. The number of rotatable bonds is 11. The SMILES string of the molecule is C=C(NCc1cccc(Cl)c1)OCCCCn1cnc(C(=C)C)c1N=C(C)C. The molecule has 0 amide bonds. The number of halogens is 1. The molecule has 0 radical (unpaired) electrons. The van der Waals surface area contributed by atoms with Crippen LogP contribution in [-0.2, 0) is 17.8 Å². The topological polar surface area (TPSA) is 51.4 Å². The third-order valence-corrected chi connectivity index (χ3v) is 4.23. The van der Waals surface area contributed by atoms with E-state index in [1.807, 2.05) is 51.4 Å². The van der Waals surface area contributed by atoms with E-state index in [1.54, 1.807) is 0 Å². The van der Waals surface area contributed by atoms with Crippen LogP contribution in [0.5, 0.6) is 0 Å². The predicted octanol–water partition coefficient (Wildman–Crippen LogP) is 5.74. The van der Waals surface area contributed by atoms with Gasteiger partial charge in [0.05, 0.1) is 12.9 Å². The standard InChI is InChI=1S/C22H29ClN4O/c1-16(2)21-22(26-17(3)4)27(15-25-21)11-6-7-12-28-18(5)24-14-19-9-8-10-20(23)13-19/h8-10,13,15,24H,1,5-7,11-12,14H2,2-4H3. The third kappa shape index (κ3) is 6.89. The number of aromatic nitrogens is 2. The first-order valence-corrected chi connectivity index (χ1v) is 9.77. The van der Waals surface area contributed by atoms with Crippen molar-refractivity contribution in [2.75, 3.05) is 6.61 Å². The molecule has 1 aromatic carbocycles. The van der Waals surface area contributed by atoms with Gasteiger partial charge in [-0.05, 0) is 63.5 Å². The Morgan fingerprint density at radius 1 is 1.25 bits per heavy atom. The fraction of sp³-hybridized carbons (Fsp3) is 0.364. The molecule has 2 aromatic rings. The van der Waals surface area contributed by atoms with Gasteiger partial charge < -0.3 is 14.6 Å². The molecule has 0 aliphatic carbocycles. The second-order valence-electron chi connectivity index (χ2n) is 6.91. The number of unbranched alkanes of at least 4 members (excludes halogenated alkanes) is 1. The number of imidazole rings is 1. The number of aryl methyl sites for hydroxylation is 1. The van der Waals surface area contributed by atoms with Crippen molar-refractivity contribution in [3.8, 4) is 0 Å². The fourth-order valence-corrected chi connectivity index (χ4v) is 2.86. The Morgan fingerprint density at radius 3 is 2.71 bits per heavy atom. The quantitative estimate of drug-likeness (QED) is 0.297. The Hall–Kier alpha value is -2.53. The molecule has 1 N–H and O–H groups in total. The van der Waals surface area contributed by atoms with Crippen LogP contribution in [0.15, 0.2) is 54.6 Å². The van der Waals surface area contributed by atoms with Gasteiger partial charge in [0.25, 0.3) is 0 Å². The average Bonchev–Trinajstić information content (AvgIpc) is 3.02. The van der Waals surface area contributed by atoms with Gasteiger partial charge in [0.15, 0.2) is 11.7 Å². The number of nitrogens with one attached hydrogen (secondary N) is 1. The summed E-state index contributed by atoms with van der Waals surface area (Å²) in [5.41, 5.74) is 3.86. The van der Waals surface area contributed by atoms with Crippen LogP contribution >= 0.6 is 11.6 Å². The summed E-state index contributed by atoms with van der Waals surface area (Å²) in [5, 5.41) is 3.89. The minimum Gasteiger partial charge on any atom is -0.480 e. The van der Waals surface area contributed by atoms with Crippen LogP contribution in [0.1, 0.15) is 44.9 Å². The molecule has 6 heteroatoms. The Kier molecular flexibility index (Phi) is 8.33. The highest BCUT2D eigenvalue weighted by Gasteiger charge is 2.10. The maximum absolute atomic E-state index is 5.99. The lowest BCUT2D eigenvalue weighted by Crippen LogP contribution is -2.15. The van der Waals surface area contributed by atoms with E-state index in [0.717, 1.165) is 52.8 Å². The van der Waals surface area contributed by atoms with Crippen molar-refractivity contribution in [1.29, 1.82) is 0 Å². The first-order chi connectivity index (χ1) is 13.4. The van der Waals surface area contributed by atoms with Gasteiger partial charge in [-0.1, -0.05) is 30.3 Å². The highest BCUT2D eigenvalue weighted by Crippen LogP contribution is 2.25. The van der Waals surface area contributed by atoms with Crippen LogP contribution < -0.4 is 5.32 Å². The van der Waals surface area contributed by atoms with Gasteiger partial charge >= 0.3 is 0 Å². The van der Waals surface area contributed by atoms with Gasteiger partial charge in [-0.3, -0.25) is 0 Å². The molecular weight excluding hydrogens is 372 g/mol. The molecule has 28 heavy (non-hydrogen) atoms. The summed E-state index contributed by atoms with van der Waals surface area (Å²) in [6.07, 6.45) is 3.70. The highest BCUT2D eigenvalue weighted by molar-refractivity contribution is 6.30. The van der Waals surface area contributed by atoms with E-state index in [1.165, 1.54) is 0 Å². The molecule has 0 atom stereocenters. The zero-order valence-electron chi connectivity index (χ0n) is 17.0. The maximum Gasteiger partial charge on any atom is 0.179 e. The van der Waals surface area contributed by atoms with E-state index in [0.29, 0.717) is 19.0 Å². The lowest BCUT2D eigenvalue weighted by molar-refractivity contribution is 0.185. The summed E-state index contributed by atoms with van der Waals surface area (Å²) >= 11 is 5.99. The van der Waals surface area contributed by atoms with Gasteiger partial charge in [-0.2, -0.15) is 0 Å². The van der Waals surface area contributed by atoms with Crippen LogP contribution in [0, 0.1) is 0 Å². The van der Waals surface area contributed by atoms with Crippen molar-refractivity contribution in [3.63, 3.8) is 0 Å². The minimum absolute atomic E-state index is 0.569. The summed E-state index contributed by atoms with van der Waals surface area (Å²) in [7, 11) is 0. The molecule has 1 heterocycles. The van der Waals surface area contributed by atoms with Crippen LogP contribution in [-0.4, -0.2) is 21.9 Å². The van der Waals surface area contributed by atoms with Crippen LogP contribution in [0.25, 0.3) is 5.57 Å². The second-order valence-corrected chi connectivity index (χ2v) is 7.35. The lowest BCUT2D eigenvalue weighted by atomic mass is 10.2. The molecule has 0 aliphatic heterocycles. The van der Waals surface area contributed by atoms with Crippen molar-refractivity contribution >= 4 is 28.7 Å². The van der Waals surface area contributed by atoms with E-state index in [2.05, 4.69) is 33.0 Å². The molecule has 2 rings (SSSR count). The monoisotopic (exact) mass is 400 g/mol. The van der Waals surface area contributed by atoms with Crippen LogP contribution in [0.3, 0.4) is 0 Å². The molecule has 1 aromatic heterocycles. The lowest BCUT2D eigenvalue weighted by Gasteiger charge is -2.12. The Labute approximate surface area is 172 Å². The minimum atomic E-state index is 0.569. The third-order valence-electron chi connectivity index (χ3n) is 3.99. The Balaban J connectivity index is 1.73. The van der Waals surface area contributed by atoms with E-state index in [-0.39, 0.29) is 0 Å². The summed E-state index contributed by atoms with van der Waals surface area (Å²) < 4.78 is 7.74. The zero-order valence-corrected chi connectivity index (χ0v) is 17.7. The van der Waals surface area contributed by atoms with Crippen molar-refractivity contribution in [3.05, 3.63) is 65.9 Å². The smallest absolute Gasteiger partial charge is 0.179 e. The van der Waals surface area contributed by atoms with Gasteiger partial charge in [0, 0.05) is 23.8 Å². The van der Waals surface area contributed by atoms with Gasteiger partial charge in [0.1, 0.15) is 5.69 Å². The molecule has 0 saturated heterocycles. The Morgan fingerprint density at radius 2 is 2.04 bits per heavy atom. The van der Waals surface area contributed by atoms with E-state index in [9.17, 15) is 0 Å². The molecule has 0 saturated carbocycles. The van der Waals surface area contributed by atoms with E-state index in [4.69, 9.17) is 16.3 Å². The first kappa shape index (κ1) is 21.8. The first-order valence-electron chi connectivity index (χ1n) is 9.39.